The van der Waals surface area contributed by atoms with Crippen LogP contribution >= 0.6 is 11.8 Å². The lowest BCUT2D eigenvalue weighted by atomic mass is 10.1. The highest BCUT2D eigenvalue weighted by Crippen LogP contribution is 2.15. The maximum Gasteiger partial charge on any atom is 0.0734 e. The number of hydrogen-bond acceptors (Lipinski definition) is 3. The van der Waals surface area contributed by atoms with Crippen LogP contribution in [0.3, 0.4) is 0 Å². The van der Waals surface area contributed by atoms with E-state index in [1.807, 2.05) is 24.0 Å². The molecule has 1 aromatic heterocycles. The lowest BCUT2D eigenvalue weighted by Gasteiger charge is -2.06. The van der Waals surface area contributed by atoms with Gasteiger partial charge < -0.3 is 5.32 Å². The van der Waals surface area contributed by atoms with Gasteiger partial charge in [0.15, 0.2) is 0 Å². The van der Waals surface area contributed by atoms with Crippen LogP contribution in [0.4, 0.5) is 0 Å². The molecule has 90 valence electrons. The van der Waals surface area contributed by atoms with E-state index < -0.39 is 0 Å². The van der Waals surface area contributed by atoms with Crippen LogP contribution < -0.4 is 5.32 Å². The predicted octanol–water partition coefficient (Wildman–Crippen LogP) is 2.73. The Balaban J connectivity index is 1.98. The molecule has 0 unspecified atom stereocenters. The molecule has 17 heavy (non-hydrogen) atoms. The van der Waals surface area contributed by atoms with Crippen LogP contribution in [0.5, 0.6) is 0 Å². The molecule has 2 aromatic rings. The topological polar surface area (TPSA) is 24.9 Å². The zero-order chi connectivity index (χ0) is 11.9. The van der Waals surface area contributed by atoms with Crippen LogP contribution in [0, 0.1) is 0 Å². The smallest absolute Gasteiger partial charge is 0.0734 e. The molecule has 0 aliphatic rings. The van der Waals surface area contributed by atoms with Crippen molar-refractivity contribution in [3.63, 3.8) is 0 Å². The minimum absolute atomic E-state index is 1.02. The van der Waals surface area contributed by atoms with Crippen molar-refractivity contribution in [2.24, 2.45) is 0 Å². The van der Waals surface area contributed by atoms with Crippen molar-refractivity contribution in [3.8, 4) is 0 Å². The van der Waals surface area contributed by atoms with Crippen LogP contribution in [0.1, 0.15) is 5.56 Å². The minimum atomic E-state index is 1.02. The zero-order valence-electron chi connectivity index (χ0n) is 10.1. The third kappa shape index (κ3) is 3.45. The lowest BCUT2D eigenvalue weighted by molar-refractivity contribution is 0.723. The molecular weight excluding hydrogens is 228 g/mol. The van der Waals surface area contributed by atoms with Crippen molar-refractivity contribution in [2.45, 2.75) is 6.42 Å². The van der Waals surface area contributed by atoms with E-state index in [-0.39, 0.29) is 0 Å². The van der Waals surface area contributed by atoms with Gasteiger partial charge in [-0.1, -0.05) is 24.3 Å². The molecule has 0 radical (unpaired) electrons. The first-order valence-corrected chi connectivity index (χ1v) is 7.33. The normalized spacial score (nSPS) is 10.9. The first-order chi connectivity index (χ1) is 8.42. The molecule has 1 heterocycles. The van der Waals surface area contributed by atoms with Gasteiger partial charge in [-0.2, -0.15) is 11.8 Å². The van der Waals surface area contributed by atoms with E-state index in [0.29, 0.717) is 0 Å². The molecule has 0 amide bonds. The van der Waals surface area contributed by atoms with Crippen molar-refractivity contribution in [3.05, 3.63) is 42.1 Å². The van der Waals surface area contributed by atoms with E-state index in [0.717, 1.165) is 25.0 Å². The second-order valence-electron chi connectivity index (χ2n) is 3.99. The molecule has 0 spiro atoms. The third-order valence-corrected chi connectivity index (χ3v) is 3.38. The predicted molar refractivity (Wildman–Crippen MR) is 76.7 cm³/mol. The van der Waals surface area contributed by atoms with E-state index in [9.17, 15) is 0 Å². The number of fused-ring (bicyclic) bond motifs is 1. The van der Waals surface area contributed by atoms with E-state index >= 15 is 0 Å². The Bertz CT molecular complexity index is 465. The van der Waals surface area contributed by atoms with Gasteiger partial charge in [0.2, 0.25) is 0 Å². The average Bonchev–Trinajstić information content (AvgIpc) is 2.39. The van der Waals surface area contributed by atoms with Crippen molar-refractivity contribution >= 4 is 22.7 Å². The number of pyridine rings is 1. The molecule has 0 atom stereocenters. The third-order valence-electron chi connectivity index (χ3n) is 2.77. The number of thioether (sulfide) groups is 1. The molecule has 1 aromatic carbocycles. The fourth-order valence-corrected chi connectivity index (χ4v) is 2.24. The maximum atomic E-state index is 4.46. The van der Waals surface area contributed by atoms with E-state index in [1.54, 1.807) is 0 Å². The standard InChI is InChI=1S/C14H18N2S/c1-17-11-10-15-9-7-13-5-2-4-12-6-3-8-16-14(12)13/h2-6,8,15H,7,9-11H2,1H3. The van der Waals surface area contributed by atoms with Crippen molar-refractivity contribution in [2.75, 3.05) is 25.1 Å². The summed E-state index contributed by atoms with van der Waals surface area (Å²) < 4.78 is 0. The lowest BCUT2D eigenvalue weighted by Crippen LogP contribution is -2.20. The number of hydrogen-bond donors (Lipinski definition) is 1. The average molecular weight is 246 g/mol. The van der Waals surface area contributed by atoms with Gasteiger partial charge in [0.25, 0.3) is 0 Å². The summed E-state index contributed by atoms with van der Waals surface area (Å²) in [5, 5.41) is 4.68. The van der Waals surface area contributed by atoms with E-state index in [2.05, 4.69) is 40.8 Å². The minimum Gasteiger partial charge on any atom is -0.316 e. The maximum absolute atomic E-state index is 4.46. The van der Waals surface area contributed by atoms with Gasteiger partial charge in [-0.25, -0.2) is 0 Å². The quantitative estimate of drug-likeness (QED) is 0.793. The summed E-state index contributed by atoms with van der Waals surface area (Å²) in [6.07, 6.45) is 5.05. The molecule has 0 aliphatic carbocycles. The van der Waals surface area contributed by atoms with Gasteiger partial charge in [0.1, 0.15) is 0 Å². The monoisotopic (exact) mass is 246 g/mol. The fraction of sp³-hybridized carbons (Fsp3) is 0.357. The van der Waals surface area contributed by atoms with Crippen LogP contribution in [0.25, 0.3) is 10.9 Å². The number of nitrogens with zero attached hydrogens (tertiary/aromatic N) is 1. The van der Waals surface area contributed by atoms with E-state index in [4.69, 9.17) is 0 Å². The van der Waals surface area contributed by atoms with Gasteiger partial charge >= 0.3 is 0 Å². The summed E-state index contributed by atoms with van der Waals surface area (Å²) in [6, 6.07) is 10.5. The molecule has 0 saturated heterocycles. The van der Waals surface area contributed by atoms with Gasteiger partial charge in [0, 0.05) is 23.9 Å². The van der Waals surface area contributed by atoms with E-state index in [1.165, 1.54) is 16.7 Å². The molecular formula is C14H18N2S. The molecule has 0 saturated carbocycles. The Morgan fingerprint density at radius 2 is 2.06 bits per heavy atom. The molecule has 3 heteroatoms. The summed E-state index contributed by atoms with van der Waals surface area (Å²) in [5.41, 5.74) is 2.47. The van der Waals surface area contributed by atoms with Crippen LogP contribution in [-0.4, -0.2) is 30.1 Å². The van der Waals surface area contributed by atoms with Crippen molar-refractivity contribution < 1.29 is 0 Å². The Morgan fingerprint density at radius 1 is 1.18 bits per heavy atom. The SMILES string of the molecule is CSCCNCCc1cccc2cccnc12. The molecule has 2 rings (SSSR count). The van der Waals surface area contributed by atoms with Gasteiger partial charge in [-0.15, -0.1) is 0 Å². The number of aromatic nitrogens is 1. The highest BCUT2D eigenvalue weighted by atomic mass is 32.2. The Hall–Kier alpha value is -1.06. The first kappa shape index (κ1) is 12.4. The number of nitrogens with one attached hydrogen (secondary N) is 1. The second kappa shape index (κ2) is 6.62. The highest BCUT2D eigenvalue weighted by molar-refractivity contribution is 7.98. The number of rotatable bonds is 6. The zero-order valence-corrected chi connectivity index (χ0v) is 11.0. The number of para-hydroxylation sites is 1. The second-order valence-corrected chi connectivity index (χ2v) is 4.97. The molecule has 2 nitrogen and oxygen atoms in total. The summed E-state index contributed by atoms with van der Waals surface area (Å²) in [5.74, 6) is 1.17. The van der Waals surface area contributed by atoms with Crippen LogP contribution in [0.2, 0.25) is 0 Å². The molecule has 1 N–H and O–H groups in total. The fourth-order valence-electron chi connectivity index (χ4n) is 1.89. The molecule has 0 bridgehead atoms. The van der Waals surface area contributed by atoms with Crippen LogP contribution in [-0.2, 0) is 6.42 Å². The Kier molecular flexibility index (Phi) is 4.83. The van der Waals surface area contributed by atoms with Gasteiger partial charge in [0.05, 0.1) is 5.52 Å². The van der Waals surface area contributed by atoms with Crippen LogP contribution in [0.15, 0.2) is 36.5 Å². The van der Waals surface area contributed by atoms with Gasteiger partial charge in [-0.05, 0) is 30.9 Å². The van der Waals surface area contributed by atoms with Crippen molar-refractivity contribution in [1.82, 2.24) is 10.3 Å². The summed E-state index contributed by atoms with van der Waals surface area (Å²) in [6.45, 7) is 2.11. The highest BCUT2D eigenvalue weighted by Gasteiger charge is 2.00. The Morgan fingerprint density at radius 3 is 2.94 bits per heavy atom. The first-order valence-electron chi connectivity index (χ1n) is 5.94. The number of benzene rings is 1. The summed E-state index contributed by atoms with van der Waals surface area (Å²) >= 11 is 1.88. The molecule has 0 fully saturated rings. The molecule has 0 aliphatic heterocycles. The largest absolute Gasteiger partial charge is 0.316 e. The summed E-state index contributed by atoms with van der Waals surface area (Å²) in [7, 11) is 0. The van der Waals surface area contributed by atoms with Gasteiger partial charge in [-0.3, -0.25) is 4.98 Å². The van der Waals surface area contributed by atoms with Crippen molar-refractivity contribution in [1.29, 1.82) is 0 Å². The summed E-state index contributed by atoms with van der Waals surface area (Å²) in [4.78, 5) is 4.46. The Labute approximate surface area is 107 Å².